The third-order valence-corrected chi connectivity index (χ3v) is 5.03. The Kier molecular flexibility index (Phi) is 5.99. The second-order valence-corrected chi connectivity index (χ2v) is 7.32. The summed E-state index contributed by atoms with van der Waals surface area (Å²) in [6.45, 7) is 0.233. The zero-order valence-electron chi connectivity index (χ0n) is 16.6. The highest BCUT2D eigenvalue weighted by atomic mass is 35.5. The molecule has 2 aromatic carbocycles. The van der Waals surface area contributed by atoms with E-state index < -0.39 is 5.92 Å². The number of nitrogens with zero attached hydrogens (tertiary/aromatic N) is 3. The fourth-order valence-electron chi connectivity index (χ4n) is 3.33. The maximum absolute atomic E-state index is 12.8. The van der Waals surface area contributed by atoms with Crippen LogP contribution in [-0.4, -0.2) is 35.4 Å². The van der Waals surface area contributed by atoms with Crippen molar-refractivity contribution >= 4 is 34.8 Å². The Morgan fingerprint density at radius 1 is 1.23 bits per heavy atom. The molecule has 2 amide bonds. The molecular weight excluding hydrogens is 420 g/mol. The number of amides is 2. The van der Waals surface area contributed by atoms with Crippen LogP contribution < -0.4 is 19.7 Å². The molecule has 0 saturated carbocycles. The van der Waals surface area contributed by atoms with Gasteiger partial charge >= 0.3 is 0 Å². The second kappa shape index (κ2) is 9.01. The minimum Gasteiger partial charge on any atom is -0.495 e. The molecule has 1 aliphatic heterocycles. The van der Waals surface area contributed by atoms with Gasteiger partial charge in [0.15, 0.2) is 0 Å². The number of ether oxygens (including phenoxy) is 2. The van der Waals surface area contributed by atoms with Crippen molar-refractivity contribution in [2.45, 2.75) is 6.42 Å². The van der Waals surface area contributed by atoms with Crippen molar-refractivity contribution in [3.63, 3.8) is 0 Å². The van der Waals surface area contributed by atoms with Gasteiger partial charge in [0.1, 0.15) is 11.5 Å². The van der Waals surface area contributed by atoms with Gasteiger partial charge in [-0.05, 0) is 30.3 Å². The molecule has 2 heterocycles. The van der Waals surface area contributed by atoms with Gasteiger partial charge in [0.25, 0.3) is 0 Å². The number of halogens is 1. The van der Waals surface area contributed by atoms with E-state index >= 15 is 0 Å². The lowest BCUT2D eigenvalue weighted by Gasteiger charge is -2.20. The molecule has 1 fully saturated rings. The van der Waals surface area contributed by atoms with Gasteiger partial charge in [0, 0.05) is 42.1 Å². The van der Waals surface area contributed by atoms with Gasteiger partial charge < -0.3 is 19.7 Å². The molecule has 0 bridgehead atoms. The Morgan fingerprint density at radius 3 is 2.87 bits per heavy atom. The first-order valence-corrected chi connectivity index (χ1v) is 9.90. The van der Waals surface area contributed by atoms with Gasteiger partial charge in [-0.2, -0.15) is 0 Å². The molecule has 1 aromatic heterocycles. The lowest BCUT2D eigenvalue weighted by Crippen LogP contribution is -2.28. The monoisotopic (exact) mass is 438 g/mol. The van der Waals surface area contributed by atoms with E-state index in [1.165, 1.54) is 24.4 Å². The Balaban J connectivity index is 1.45. The molecule has 1 N–H and O–H groups in total. The Hall–Kier alpha value is -3.65. The highest BCUT2D eigenvalue weighted by Crippen LogP contribution is 2.35. The molecule has 0 aliphatic carbocycles. The molecule has 1 unspecified atom stereocenters. The van der Waals surface area contributed by atoms with Crippen molar-refractivity contribution < 1.29 is 19.1 Å². The van der Waals surface area contributed by atoms with Crippen molar-refractivity contribution in [3.8, 4) is 17.4 Å². The van der Waals surface area contributed by atoms with Crippen LogP contribution in [0.1, 0.15) is 6.42 Å². The summed E-state index contributed by atoms with van der Waals surface area (Å²) in [4.78, 5) is 34.9. The van der Waals surface area contributed by atoms with Gasteiger partial charge in [-0.15, -0.1) is 0 Å². The average Bonchev–Trinajstić information content (AvgIpc) is 3.16. The smallest absolute Gasteiger partial charge is 0.237 e. The summed E-state index contributed by atoms with van der Waals surface area (Å²) < 4.78 is 11.0. The number of hydrogen-bond acceptors (Lipinski definition) is 6. The predicted octanol–water partition coefficient (Wildman–Crippen LogP) is 3.92. The van der Waals surface area contributed by atoms with E-state index in [0.29, 0.717) is 33.8 Å². The normalized spacial score (nSPS) is 15.6. The summed E-state index contributed by atoms with van der Waals surface area (Å²) in [5.74, 6) is 0.437. The fraction of sp³-hybridized carbons (Fsp3) is 0.182. The third-order valence-electron chi connectivity index (χ3n) is 4.79. The van der Waals surface area contributed by atoms with Crippen molar-refractivity contribution in [1.29, 1.82) is 0 Å². The van der Waals surface area contributed by atoms with Crippen LogP contribution in [-0.2, 0) is 9.59 Å². The zero-order chi connectivity index (χ0) is 21.8. The van der Waals surface area contributed by atoms with Crippen LogP contribution in [0.2, 0.25) is 5.02 Å². The number of hydrogen-bond donors (Lipinski definition) is 1. The summed E-state index contributed by atoms with van der Waals surface area (Å²) in [5, 5.41) is 3.33. The van der Waals surface area contributed by atoms with Crippen molar-refractivity contribution in [3.05, 3.63) is 66.1 Å². The van der Waals surface area contributed by atoms with Crippen LogP contribution in [0.5, 0.6) is 17.4 Å². The van der Waals surface area contributed by atoms with Crippen molar-refractivity contribution in [1.82, 2.24) is 9.97 Å². The second-order valence-electron chi connectivity index (χ2n) is 6.88. The molecule has 3 aromatic rings. The van der Waals surface area contributed by atoms with Crippen LogP contribution in [0.15, 0.2) is 61.1 Å². The van der Waals surface area contributed by atoms with E-state index in [2.05, 4.69) is 15.3 Å². The number of methoxy groups -OCH3 is 1. The summed E-state index contributed by atoms with van der Waals surface area (Å²) >= 11 is 6.09. The number of nitrogens with one attached hydrogen (secondary N) is 1. The largest absolute Gasteiger partial charge is 0.495 e. The molecule has 4 rings (SSSR count). The number of aromatic nitrogens is 2. The molecule has 8 nitrogen and oxygen atoms in total. The summed E-state index contributed by atoms with van der Waals surface area (Å²) in [7, 11) is 1.52. The summed E-state index contributed by atoms with van der Waals surface area (Å²) in [5.41, 5.74) is 1.10. The van der Waals surface area contributed by atoms with E-state index in [4.69, 9.17) is 21.1 Å². The number of benzene rings is 2. The van der Waals surface area contributed by atoms with Crippen LogP contribution >= 0.6 is 11.6 Å². The summed E-state index contributed by atoms with van der Waals surface area (Å²) in [6, 6.07) is 12.0. The maximum Gasteiger partial charge on any atom is 0.237 e. The van der Waals surface area contributed by atoms with Crippen LogP contribution in [0.3, 0.4) is 0 Å². The molecular formula is C22H19ClN4O4. The van der Waals surface area contributed by atoms with Crippen LogP contribution in [0, 0.1) is 5.92 Å². The SMILES string of the molecule is COc1ccc(Cl)cc1N1CC(C(=O)Nc2cccc(Oc3cnccn3)c2)CC1=O. The molecule has 158 valence electrons. The number of anilines is 2. The molecule has 1 atom stereocenters. The van der Waals surface area contributed by atoms with E-state index in [-0.39, 0.29) is 24.8 Å². The zero-order valence-corrected chi connectivity index (χ0v) is 17.4. The minimum atomic E-state index is -0.513. The Labute approximate surface area is 183 Å². The summed E-state index contributed by atoms with van der Waals surface area (Å²) in [6.07, 6.45) is 4.67. The first-order chi connectivity index (χ1) is 15.0. The van der Waals surface area contributed by atoms with Crippen LogP contribution in [0.25, 0.3) is 0 Å². The van der Waals surface area contributed by atoms with E-state index in [1.54, 1.807) is 48.7 Å². The first-order valence-electron chi connectivity index (χ1n) is 9.52. The molecule has 1 aliphatic rings. The van der Waals surface area contributed by atoms with Gasteiger partial charge in [0.2, 0.25) is 17.7 Å². The standard InChI is InChI=1S/C22H19ClN4O4/c1-30-19-6-5-15(23)10-18(19)27-13-14(9-21(27)28)22(29)26-16-3-2-4-17(11-16)31-20-12-24-7-8-25-20/h2-8,10-12,14H,9,13H2,1H3,(H,26,29). The minimum absolute atomic E-state index is 0.0945. The molecule has 1 saturated heterocycles. The van der Waals surface area contributed by atoms with Gasteiger partial charge in [-0.25, -0.2) is 4.98 Å². The highest BCUT2D eigenvalue weighted by Gasteiger charge is 2.36. The lowest BCUT2D eigenvalue weighted by atomic mass is 10.1. The first kappa shape index (κ1) is 20.6. The number of rotatable bonds is 6. The number of carbonyl (C=O) groups is 2. The maximum atomic E-state index is 12.8. The van der Waals surface area contributed by atoms with E-state index in [9.17, 15) is 9.59 Å². The van der Waals surface area contributed by atoms with Gasteiger partial charge in [-0.1, -0.05) is 17.7 Å². The molecule has 9 heteroatoms. The average molecular weight is 439 g/mol. The van der Waals surface area contributed by atoms with E-state index in [1.807, 2.05) is 0 Å². The Morgan fingerprint density at radius 2 is 2.10 bits per heavy atom. The van der Waals surface area contributed by atoms with Crippen molar-refractivity contribution in [2.75, 3.05) is 23.9 Å². The molecule has 0 radical (unpaired) electrons. The number of carbonyl (C=O) groups excluding carboxylic acids is 2. The van der Waals surface area contributed by atoms with Gasteiger partial charge in [-0.3, -0.25) is 14.6 Å². The van der Waals surface area contributed by atoms with E-state index in [0.717, 1.165) is 0 Å². The van der Waals surface area contributed by atoms with Crippen molar-refractivity contribution in [2.24, 2.45) is 5.92 Å². The van der Waals surface area contributed by atoms with Crippen LogP contribution in [0.4, 0.5) is 11.4 Å². The predicted molar refractivity (Wildman–Crippen MR) is 116 cm³/mol. The lowest BCUT2D eigenvalue weighted by molar-refractivity contribution is -0.122. The molecule has 0 spiro atoms. The van der Waals surface area contributed by atoms with Gasteiger partial charge in [0.05, 0.1) is 24.9 Å². The Bertz CT molecular complexity index is 1110. The highest BCUT2D eigenvalue weighted by molar-refractivity contribution is 6.31. The molecule has 31 heavy (non-hydrogen) atoms. The quantitative estimate of drug-likeness (QED) is 0.626. The topological polar surface area (TPSA) is 93.7 Å². The fourth-order valence-corrected chi connectivity index (χ4v) is 3.50. The third kappa shape index (κ3) is 4.75.